The van der Waals surface area contributed by atoms with Gasteiger partial charge in [-0.2, -0.15) is 0 Å². The Morgan fingerprint density at radius 2 is 1.50 bits per heavy atom. The number of rotatable bonds is 6. The second-order valence-corrected chi connectivity index (χ2v) is 21.8. The molecule has 1 aliphatic carbocycles. The van der Waals surface area contributed by atoms with Crippen molar-refractivity contribution < 1.29 is 19.7 Å². The van der Waals surface area contributed by atoms with Gasteiger partial charge in [0.05, 0.1) is 0 Å². The summed E-state index contributed by atoms with van der Waals surface area (Å²) in [5.41, 5.74) is 0. The normalized spacial score (nSPS) is 18.6. The van der Waals surface area contributed by atoms with E-state index >= 15 is 0 Å². The average molecular weight is 332 g/mol. The second kappa shape index (κ2) is 5.70. The van der Waals surface area contributed by atoms with Gasteiger partial charge in [0.1, 0.15) is 0 Å². The first kappa shape index (κ1) is 16.3. The molecule has 1 rings (SSSR count). The molecule has 4 heteroatoms. The Morgan fingerprint density at radius 3 is 1.78 bits per heavy atom. The van der Waals surface area contributed by atoms with E-state index in [-0.39, 0.29) is 0 Å². The van der Waals surface area contributed by atoms with Gasteiger partial charge in [-0.05, 0) is 0 Å². The van der Waals surface area contributed by atoms with Gasteiger partial charge in [0.25, 0.3) is 0 Å². The van der Waals surface area contributed by atoms with Crippen molar-refractivity contribution in [3.63, 3.8) is 0 Å². The van der Waals surface area contributed by atoms with Crippen LogP contribution in [0.15, 0.2) is 21.5 Å². The molecule has 0 radical (unpaired) electrons. The Bertz CT molecular complexity index is 332. The summed E-state index contributed by atoms with van der Waals surface area (Å²) >= 11 is -3.43. The van der Waals surface area contributed by atoms with Gasteiger partial charge in [-0.3, -0.25) is 0 Å². The van der Waals surface area contributed by atoms with Gasteiger partial charge in [-0.25, -0.2) is 0 Å². The van der Waals surface area contributed by atoms with Crippen LogP contribution in [0.25, 0.3) is 0 Å². The van der Waals surface area contributed by atoms with Gasteiger partial charge in [0.2, 0.25) is 0 Å². The van der Waals surface area contributed by atoms with Crippen LogP contribution in [0.5, 0.6) is 0 Å². The van der Waals surface area contributed by atoms with Crippen LogP contribution in [0.1, 0.15) is 19.8 Å². The number of nitrogens with zero attached hydrogens (tertiary/aromatic N) is 3. The van der Waals surface area contributed by atoms with E-state index in [9.17, 15) is 0 Å². The van der Waals surface area contributed by atoms with Crippen molar-refractivity contribution >= 4 is 0 Å². The third kappa shape index (κ3) is 1.93. The number of hydrogen-bond acceptors (Lipinski definition) is 3. The van der Waals surface area contributed by atoms with Gasteiger partial charge in [0.15, 0.2) is 0 Å². The predicted octanol–water partition coefficient (Wildman–Crippen LogP) is 2.78. The topological polar surface area (TPSA) is 9.72 Å². The third-order valence-electron chi connectivity index (χ3n) is 4.96. The molecule has 18 heavy (non-hydrogen) atoms. The molecule has 3 nitrogen and oxygen atoms in total. The molecule has 0 aromatic rings. The van der Waals surface area contributed by atoms with E-state index in [0.717, 1.165) is 6.42 Å². The van der Waals surface area contributed by atoms with Crippen LogP contribution >= 0.6 is 0 Å². The summed E-state index contributed by atoms with van der Waals surface area (Å²) in [6.45, 7) is 2.31. The minimum absolute atomic E-state index is 1.12. The standard InChI is InChI=1S/C5H5.C3H7.3C2H6N.Zr/c1-2-4-5-3-1;4*1-3-2;/h1-3H,4H2;1,3H2,2H3;3*1-2H3;/q;;3*-1;+3. The molecule has 0 spiro atoms. The van der Waals surface area contributed by atoms with Crippen molar-refractivity contribution in [2.75, 3.05) is 42.3 Å². The summed E-state index contributed by atoms with van der Waals surface area (Å²) in [5, 5.41) is 0. The SMILES string of the molecule is CC[CH2][Zr]([C]1=CC=CC1)([N](C)C)([N](C)C)[N](C)C. The zero-order valence-electron chi connectivity index (χ0n) is 13.2. The maximum absolute atomic E-state index is 3.43. The van der Waals surface area contributed by atoms with E-state index in [2.05, 4.69) is 76.0 Å². The van der Waals surface area contributed by atoms with E-state index in [4.69, 9.17) is 0 Å². The Labute approximate surface area is 115 Å². The van der Waals surface area contributed by atoms with E-state index in [0.29, 0.717) is 0 Å². The van der Waals surface area contributed by atoms with Gasteiger partial charge < -0.3 is 0 Å². The van der Waals surface area contributed by atoms with Crippen LogP contribution in [-0.2, 0) is 19.7 Å². The fraction of sp³-hybridized carbons (Fsp3) is 0.714. The molecule has 0 atom stereocenters. The van der Waals surface area contributed by atoms with E-state index in [1.807, 2.05) is 0 Å². The minimum atomic E-state index is -3.43. The first-order chi connectivity index (χ1) is 8.34. The van der Waals surface area contributed by atoms with Crippen LogP contribution in [0.4, 0.5) is 0 Å². The summed E-state index contributed by atoms with van der Waals surface area (Å²) in [4.78, 5) is 0. The van der Waals surface area contributed by atoms with Crippen molar-refractivity contribution in [1.82, 2.24) is 8.53 Å². The zero-order valence-corrected chi connectivity index (χ0v) is 15.7. The summed E-state index contributed by atoms with van der Waals surface area (Å²) in [5.74, 6) is 0. The van der Waals surface area contributed by atoms with Crippen LogP contribution in [0.2, 0.25) is 4.13 Å². The molecule has 0 aromatic heterocycles. The van der Waals surface area contributed by atoms with E-state index in [1.54, 1.807) is 3.28 Å². The van der Waals surface area contributed by atoms with E-state index < -0.39 is 19.7 Å². The van der Waals surface area contributed by atoms with Crippen molar-refractivity contribution in [2.24, 2.45) is 0 Å². The quantitative estimate of drug-likeness (QED) is 0.741. The van der Waals surface area contributed by atoms with Crippen molar-refractivity contribution in [3.8, 4) is 0 Å². The number of hydrogen-bond donors (Lipinski definition) is 0. The Balaban J connectivity index is 3.53. The van der Waals surface area contributed by atoms with Crippen molar-refractivity contribution in [3.05, 3.63) is 21.5 Å². The molecule has 0 bridgehead atoms. The summed E-state index contributed by atoms with van der Waals surface area (Å²) in [7, 11) is 13.7. The Kier molecular flexibility index (Phi) is 5.16. The predicted molar refractivity (Wildman–Crippen MR) is 78.0 cm³/mol. The molecule has 0 saturated heterocycles. The molecule has 0 aliphatic heterocycles. The molecule has 105 valence electrons. The molecular formula is C14H30N3Zr. The third-order valence-corrected chi connectivity index (χ3v) is 26.5. The van der Waals surface area contributed by atoms with Crippen molar-refractivity contribution in [2.45, 2.75) is 23.9 Å². The van der Waals surface area contributed by atoms with E-state index in [1.165, 1.54) is 10.5 Å². The molecule has 0 fully saturated rings. The summed E-state index contributed by atoms with van der Waals surface area (Å²) in [6.07, 6.45) is 9.27. The fourth-order valence-corrected chi connectivity index (χ4v) is 23.1. The molecule has 0 N–H and O–H groups in total. The van der Waals surface area contributed by atoms with Gasteiger partial charge >= 0.3 is 116 Å². The molecule has 0 aromatic carbocycles. The zero-order chi connectivity index (χ0) is 14.0. The van der Waals surface area contributed by atoms with Gasteiger partial charge in [-0.15, -0.1) is 0 Å². The molecule has 0 amide bonds. The number of allylic oxidation sites excluding steroid dienone is 4. The van der Waals surface area contributed by atoms with Crippen molar-refractivity contribution in [1.29, 1.82) is 0 Å². The maximum atomic E-state index is 2.57. The van der Waals surface area contributed by atoms with Gasteiger partial charge in [-0.1, -0.05) is 0 Å². The first-order valence-corrected chi connectivity index (χ1v) is 13.1. The van der Waals surface area contributed by atoms with Gasteiger partial charge in [0, 0.05) is 0 Å². The second-order valence-electron chi connectivity index (χ2n) is 6.04. The first-order valence-electron chi connectivity index (χ1n) is 6.88. The molecule has 0 saturated carbocycles. The van der Waals surface area contributed by atoms with Crippen LogP contribution in [0, 0.1) is 0 Å². The molecule has 1 aliphatic rings. The monoisotopic (exact) mass is 330 g/mol. The summed E-state index contributed by atoms with van der Waals surface area (Å²) in [6, 6.07) is 0. The summed E-state index contributed by atoms with van der Waals surface area (Å²) < 4.78 is 10.7. The Morgan fingerprint density at radius 1 is 1.00 bits per heavy atom. The van der Waals surface area contributed by atoms with Crippen LogP contribution in [0.3, 0.4) is 0 Å². The molecular weight excluding hydrogens is 301 g/mol. The molecule has 0 heterocycles. The average Bonchev–Trinajstić information content (AvgIpc) is 2.78. The van der Waals surface area contributed by atoms with Crippen LogP contribution in [-0.4, -0.2) is 50.8 Å². The Hall–Kier alpha value is 0.243. The van der Waals surface area contributed by atoms with Crippen LogP contribution < -0.4 is 0 Å². The fourth-order valence-electron chi connectivity index (χ4n) is 4.18. The molecule has 0 unspecified atom stereocenters.